The summed E-state index contributed by atoms with van der Waals surface area (Å²) in [5, 5.41) is 0. The van der Waals surface area contributed by atoms with E-state index in [1.165, 1.54) is 25.8 Å². The zero-order valence-electron chi connectivity index (χ0n) is 8.27. The number of likely N-dealkylation sites (tertiary alicyclic amines) is 1. The minimum absolute atomic E-state index is 0.755. The van der Waals surface area contributed by atoms with E-state index in [0.717, 1.165) is 19.0 Å². The molecule has 1 heterocycles. The van der Waals surface area contributed by atoms with Gasteiger partial charge in [-0.05, 0) is 26.3 Å². The molecule has 0 aromatic carbocycles. The Morgan fingerprint density at radius 2 is 2.17 bits per heavy atom. The SMILES string of the molecule is CCC#CCN1CCCC[C@H]1C. The van der Waals surface area contributed by atoms with E-state index in [9.17, 15) is 0 Å². The molecule has 1 rings (SSSR count). The maximum absolute atomic E-state index is 3.21. The van der Waals surface area contributed by atoms with Crippen molar-refractivity contribution in [2.24, 2.45) is 0 Å². The van der Waals surface area contributed by atoms with Gasteiger partial charge in [-0.3, -0.25) is 4.90 Å². The molecule has 12 heavy (non-hydrogen) atoms. The molecule has 1 atom stereocenters. The van der Waals surface area contributed by atoms with Gasteiger partial charge < -0.3 is 0 Å². The standard InChI is InChI=1S/C11H19N/c1-3-4-6-9-12-10-7-5-8-11(12)2/h11H,3,5,7-10H2,1-2H3/t11-/m1/s1. The quantitative estimate of drug-likeness (QED) is 0.539. The molecular weight excluding hydrogens is 146 g/mol. The number of rotatable bonds is 1. The van der Waals surface area contributed by atoms with Crippen LogP contribution in [0.5, 0.6) is 0 Å². The van der Waals surface area contributed by atoms with Gasteiger partial charge in [-0.2, -0.15) is 0 Å². The first-order valence-corrected chi connectivity index (χ1v) is 5.04. The Kier molecular flexibility index (Phi) is 4.18. The lowest BCUT2D eigenvalue weighted by Crippen LogP contribution is -2.37. The average molecular weight is 165 g/mol. The van der Waals surface area contributed by atoms with Gasteiger partial charge in [0.15, 0.2) is 0 Å². The first-order chi connectivity index (χ1) is 5.84. The normalized spacial score (nSPS) is 24.7. The second kappa shape index (κ2) is 5.22. The molecule has 0 saturated carbocycles. The second-order valence-electron chi connectivity index (χ2n) is 3.52. The van der Waals surface area contributed by atoms with E-state index in [0.29, 0.717) is 0 Å². The molecule has 0 aromatic rings. The van der Waals surface area contributed by atoms with Gasteiger partial charge in [0.1, 0.15) is 0 Å². The predicted octanol–water partition coefficient (Wildman–Crippen LogP) is 2.27. The molecule has 0 aliphatic carbocycles. The Bertz CT molecular complexity index is 175. The van der Waals surface area contributed by atoms with Crippen LogP contribution < -0.4 is 0 Å². The van der Waals surface area contributed by atoms with Crippen molar-refractivity contribution in [1.29, 1.82) is 0 Å². The Labute approximate surface area is 76.1 Å². The summed E-state index contributed by atoms with van der Waals surface area (Å²) in [5.41, 5.74) is 0. The molecular formula is C11H19N. The number of nitrogens with zero attached hydrogens (tertiary/aromatic N) is 1. The van der Waals surface area contributed by atoms with Crippen LogP contribution in [0.15, 0.2) is 0 Å². The number of hydrogen-bond donors (Lipinski definition) is 0. The van der Waals surface area contributed by atoms with Crippen LogP contribution in [0.1, 0.15) is 39.5 Å². The zero-order valence-corrected chi connectivity index (χ0v) is 8.27. The first kappa shape index (κ1) is 9.61. The van der Waals surface area contributed by atoms with Crippen molar-refractivity contribution in [2.75, 3.05) is 13.1 Å². The monoisotopic (exact) mass is 165 g/mol. The van der Waals surface area contributed by atoms with Gasteiger partial charge in [-0.15, -0.1) is 5.92 Å². The van der Waals surface area contributed by atoms with Crippen molar-refractivity contribution in [3.8, 4) is 11.8 Å². The van der Waals surface area contributed by atoms with Crippen molar-refractivity contribution in [3.05, 3.63) is 0 Å². The third-order valence-corrected chi connectivity index (χ3v) is 2.52. The van der Waals surface area contributed by atoms with E-state index in [2.05, 4.69) is 30.6 Å². The Hall–Kier alpha value is -0.480. The largest absolute Gasteiger partial charge is 0.290 e. The van der Waals surface area contributed by atoms with E-state index in [1.807, 2.05) is 0 Å². The highest BCUT2D eigenvalue weighted by Crippen LogP contribution is 2.15. The fourth-order valence-electron chi connectivity index (χ4n) is 1.67. The first-order valence-electron chi connectivity index (χ1n) is 5.04. The summed E-state index contributed by atoms with van der Waals surface area (Å²) in [4.78, 5) is 2.49. The summed E-state index contributed by atoms with van der Waals surface area (Å²) in [6, 6.07) is 0.755. The van der Waals surface area contributed by atoms with Gasteiger partial charge >= 0.3 is 0 Å². The molecule has 0 bridgehead atoms. The maximum atomic E-state index is 3.21. The summed E-state index contributed by atoms with van der Waals surface area (Å²) in [7, 11) is 0. The maximum Gasteiger partial charge on any atom is 0.0603 e. The lowest BCUT2D eigenvalue weighted by atomic mass is 10.0. The third kappa shape index (κ3) is 2.87. The Morgan fingerprint density at radius 3 is 2.83 bits per heavy atom. The summed E-state index contributed by atoms with van der Waals surface area (Å²) in [5.74, 6) is 6.34. The molecule has 1 fully saturated rings. The molecule has 0 spiro atoms. The van der Waals surface area contributed by atoms with Crippen molar-refractivity contribution < 1.29 is 0 Å². The summed E-state index contributed by atoms with van der Waals surface area (Å²) in [6.45, 7) is 6.65. The van der Waals surface area contributed by atoms with Crippen molar-refractivity contribution in [1.82, 2.24) is 4.90 Å². The summed E-state index contributed by atoms with van der Waals surface area (Å²) in [6.07, 6.45) is 5.10. The minimum atomic E-state index is 0.755. The molecule has 0 aromatic heterocycles. The smallest absolute Gasteiger partial charge is 0.0603 e. The van der Waals surface area contributed by atoms with Crippen LogP contribution in [-0.4, -0.2) is 24.0 Å². The van der Waals surface area contributed by atoms with E-state index >= 15 is 0 Å². The van der Waals surface area contributed by atoms with Gasteiger partial charge in [-0.25, -0.2) is 0 Å². The van der Waals surface area contributed by atoms with Gasteiger partial charge in [0.25, 0.3) is 0 Å². The zero-order chi connectivity index (χ0) is 8.81. The number of hydrogen-bond acceptors (Lipinski definition) is 1. The van der Waals surface area contributed by atoms with Gasteiger partial charge in [0, 0.05) is 12.5 Å². The van der Waals surface area contributed by atoms with Crippen molar-refractivity contribution in [2.45, 2.75) is 45.6 Å². The summed E-state index contributed by atoms with van der Waals surface area (Å²) >= 11 is 0. The van der Waals surface area contributed by atoms with E-state index in [-0.39, 0.29) is 0 Å². The van der Waals surface area contributed by atoms with Gasteiger partial charge in [-0.1, -0.05) is 19.3 Å². The van der Waals surface area contributed by atoms with Crippen LogP contribution in [0.4, 0.5) is 0 Å². The topological polar surface area (TPSA) is 3.24 Å². The molecule has 1 nitrogen and oxygen atoms in total. The van der Waals surface area contributed by atoms with Crippen molar-refractivity contribution >= 4 is 0 Å². The molecule has 1 aliphatic rings. The van der Waals surface area contributed by atoms with Crippen LogP contribution in [-0.2, 0) is 0 Å². The van der Waals surface area contributed by atoms with Crippen LogP contribution in [0.3, 0.4) is 0 Å². The van der Waals surface area contributed by atoms with E-state index in [4.69, 9.17) is 0 Å². The third-order valence-electron chi connectivity index (χ3n) is 2.52. The van der Waals surface area contributed by atoms with Gasteiger partial charge in [0.05, 0.1) is 6.54 Å². The van der Waals surface area contributed by atoms with Crippen LogP contribution in [0.2, 0.25) is 0 Å². The molecule has 0 radical (unpaired) electrons. The molecule has 1 saturated heterocycles. The number of piperidine rings is 1. The molecule has 0 N–H and O–H groups in total. The van der Waals surface area contributed by atoms with E-state index in [1.54, 1.807) is 0 Å². The molecule has 1 heteroatoms. The molecule has 0 amide bonds. The predicted molar refractivity (Wildman–Crippen MR) is 53.0 cm³/mol. The van der Waals surface area contributed by atoms with Gasteiger partial charge in [0.2, 0.25) is 0 Å². The van der Waals surface area contributed by atoms with Crippen molar-refractivity contribution in [3.63, 3.8) is 0 Å². The highest BCUT2D eigenvalue weighted by Gasteiger charge is 2.16. The molecule has 1 aliphatic heterocycles. The Balaban J connectivity index is 2.29. The highest BCUT2D eigenvalue weighted by molar-refractivity contribution is 5.01. The highest BCUT2D eigenvalue weighted by atomic mass is 15.1. The van der Waals surface area contributed by atoms with Crippen LogP contribution in [0.25, 0.3) is 0 Å². The molecule has 68 valence electrons. The van der Waals surface area contributed by atoms with E-state index < -0.39 is 0 Å². The minimum Gasteiger partial charge on any atom is -0.290 e. The lowest BCUT2D eigenvalue weighted by Gasteiger charge is -2.31. The average Bonchev–Trinajstić information content (AvgIpc) is 2.09. The fraction of sp³-hybridized carbons (Fsp3) is 0.818. The fourth-order valence-corrected chi connectivity index (χ4v) is 1.67. The summed E-state index contributed by atoms with van der Waals surface area (Å²) < 4.78 is 0. The van der Waals surface area contributed by atoms with Crippen LogP contribution in [0, 0.1) is 11.8 Å². The molecule has 0 unspecified atom stereocenters. The Morgan fingerprint density at radius 1 is 1.33 bits per heavy atom. The van der Waals surface area contributed by atoms with Crippen LogP contribution >= 0.6 is 0 Å². The lowest BCUT2D eigenvalue weighted by molar-refractivity contribution is 0.182. The second-order valence-corrected chi connectivity index (χ2v) is 3.52.